The van der Waals surface area contributed by atoms with Crippen LogP contribution in [0.5, 0.6) is 11.6 Å². The number of fused-ring (bicyclic) bond motifs is 1. The molecule has 2 aromatic carbocycles. The first-order valence-corrected chi connectivity index (χ1v) is 8.43. The molecular formula is C21H21NO3. The molecule has 25 heavy (non-hydrogen) atoms. The van der Waals surface area contributed by atoms with Crippen LogP contribution in [0.2, 0.25) is 0 Å². The van der Waals surface area contributed by atoms with Crippen LogP contribution in [-0.2, 0) is 0 Å². The summed E-state index contributed by atoms with van der Waals surface area (Å²) in [7, 11) is 1.61. The zero-order chi connectivity index (χ0) is 17.6. The highest BCUT2D eigenvalue weighted by Gasteiger charge is 2.14. The molecule has 1 aromatic heterocycles. The Kier molecular flexibility index (Phi) is 5.29. The third-order valence-electron chi connectivity index (χ3n) is 4.11. The minimum absolute atomic E-state index is 0.571. The van der Waals surface area contributed by atoms with Crippen molar-refractivity contribution >= 4 is 17.1 Å². The first kappa shape index (κ1) is 17.0. The Bertz CT molecular complexity index is 889. The summed E-state index contributed by atoms with van der Waals surface area (Å²) in [5.41, 5.74) is 2.04. The first-order chi connectivity index (χ1) is 12.3. The number of hydrogen-bond acceptors (Lipinski definition) is 4. The highest BCUT2D eigenvalue weighted by molar-refractivity contribution is 5.99. The summed E-state index contributed by atoms with van der Waals surface area (Å²) in [5, 5.41) is 2.00. The quantitative estimate of drug-likeness (QED) is 0.455. The molecule has 0 atom stereocenters. The largest absolute Gasteiger partial charge is 0.497 e. The van der Waals surface area contributed by atoms with Gasteiger partial charge in [-0.15, -0.1) is 0 Å². The average molecular weight is 335 g/mol. The van der Waals surface area contributed by atoms with E-state index in [-0.39, 0.29) is 0 Å². The number of hydrogen-bond donors (Lipinski definition) is 0. The molecule has 3 rings (SSSR count). The van der Waals surface area contributed by atoms with E-state index in [0.29, 0.717) is 23.8 Å². The van der Waals surface area contributed by atoms with E-state index >= 15 is 0 Å². The minimum atomic E-state index is 0.571. The Labute approximate surface area is 147 Å². The second kappa shape index (κ2) is 7.79. The maximum atomic E-state index is 11.5. The van der Waals surface area contributed by atoms with Crippen LogP contribution in [0.3, 0.4) is 0 Å². The summed E-state index contributed by atoms with van der Waals surface area (Å²) in [6, 6.07) is 15.3. The maximum absolute atomic E-state index is 11.5. The number of aromatic nitrogens is 1. The molecule has 4 nitrogen and oxygen atoms in total. The van der Waals surface area contributed by atoms with Gasteiger partial charge in [0.05, 0.1) is 19.4 Å². The van der Waals surface area contributed by atoms with Gasteiger partial charge in [-0.3, -0.25) is 4.79 Å². The third-order valence-corrected chi connectivity index (χ3v) is 4.11. The monoisotopic (exact) mass is 335 g/mol. The van der Waals surface area contributed by atoms with E-state index in [2.05, 4.69) is 6.92 Å². The molecule has 4 heteroatoms. The van der Waals surface area contributed by atoms with Gasteiger partial charge in [-0.05, 0) is 30.0 Å². The molecule has 0 aliphatic rings. The summed E-state index contributed by atoms with van der Waals surface area (Å²) in [4.78, 5) is 16.2. The number of pyridine rings is 1. The molecule has 0 saturated heterocycles. The second-order valence-electron chi connectivity index (χ2n) is 5.80. The fourth-order valence-corrected chi connectivity index (χ4v) is 2.74. The van der Waals surface area contributed by atoms with Gasteiger partial charge >= 0.3 is 0 Å². The Morgan fingerprint density at radius 2 is 1.96 bits per heavy atom. The van der Waals surface area contributed by atoms with Crippen molar-refractivity contribution in [1.29, 1.82) is 0 Å². The average Bonchev–Trinajstić information content (AvgIpc) is 2.67. The molecule has 0 N–H and O–H groups in total. The smallest absolute Gasteiger partial charge is 0.214 e. The molecule has 0 aliphatic carbocycles. The molecule has 0 saturated carbocycles. The highest BCUT2D eigenvalue weighted by atomic mass is 16.5. The molecular weight excluding hydrogens is 314 g/mol. The van der Waals surface area contributed by atoms with E-state index in [9.17, 15) is 4.79 Å². The van der Waals surface area contributed by atoms with Crippen LogP contribution in [0.1, 0.15) is 30.1 Å². The topological polar surface area (TPSA) is 48.4 Å². The fourth-order valence-electron chi connectivity index (χ4n) is 2.74. The summed E-state index contributed by atoms with van der Waals surface area (Å²) in [6.07, 6.45) is 2.88. The Morgan fingerprint density at radius 1 is 1.12 bits per heavy atom. The lowest BCUT2D eigenvalue weighted by Gasteiger charge is -2.13. The third kappa shape index (κ3) is 3.63. The zero-order valence-electron chi connectivity index (χ0n) is 14.5. The predicted molar refractivity (Wildman–Crippen MR) is 99.5 cm³/mol. The normalized spacial score (nSPS) is 10.6. The van der Waals surface area contributed by atoms with E-state index in [0.717, 1.165) is 41.2 Å². The number of rotatable bonds is 7. The van der Waals surface area contributed by atoms with Crippen molar-refractivity contribution in [3.8, 4) is 22.9 Å². The second-order valence-corrected chi connectivity index (χ2v) is 5.80. The highest BCUT2D eigenvalue weighted by Crippen LogP contribution is 2.33. The SMILES string of the molecule is CCCCOc1cc2ccccc2c(-c2cc(OC)ccc2C=O)n1. The van der Waals surface area contributed by atoms with Crippen LogP contribution >= 0.6 is 0 Å². The van der Waals surface area contributed by atoms with Crippen LogP contribution < -0.4 is 9.47 Å². The number of ether oxygens (including phenoxy) is 2. The summed E-state index contributed by atoms with van der Waals surface area (Å²) >= 11 is 0. The van der Waals surface area contributed by atoms with Gasteiger partial charge in [0, 0.05) is 22.6 Å². The van der Waals surface area contributed by atoms with Gasteiger partial charge in [-0.1, -0.05) is 37.6 Å². The van der Waals surface area contributed by atoms with Gasteiger partial charge in [-0.2, -0.15) is 0 Å². The number of unbranched alkanes of at least 4 members (excludes halogenated alkanes) is 1. The van der Waals surface area contributed by atoms with Crippen molar-refractivity contribution in [1.82, 2.24) is 4.98 Å². The minimum Gasteiger partial charge on any atom is -0.497 e. The van der Waals surface area contributed by atoms with E-state index < -0.39 is 0 Å². The van der Waals surface area contributed by atoms with Gasteiger partial charge in [-0.25, -0.2) is 4.98 Å². The number of carbonyl (C=O) groups excluding carboxylic acids is 1. The van der Waals surface area contributed by atoms with E-state index in [4.69, 9.17) is 14.5 Å². The van der Waals surface area contributed by atoms with E-state index in [1.54, 1.807) is 19.2 Å². The maximum Gasteiger partial charge on any atom is 0.214 e. The van der Waals surface area contributed by atoms with Crippen molar-refractivity contribution < 1.29 is 14.3 Å². The number of nitrogens with zero attached hydrogens (tertiary/aromatic N) is 1. The lowest BCUT2D eigenvalue weighted by atomic mass is 9.99. The number of aldehydes is 1. The molecule has 0 unspecified atom stereocenters. The van der Waals surface area contributed by atoms with Crippen molar-refractivity contribution in [2.24, 2.45) is 0 Å². The van der Waals surface area contributed by atoms with Crippen LogP contribution in [0, 0.1) is 0 Å². The summed E-state index contributed by atoms with van der Waals surface area (Å²) in [6.45, 7) is 2.75. The Morgan fingerprint density at radius 3 is 2.72 bits per heavy atom. The van der Waals surface area contributed by atoms with Crippen LogP contribution in [0.4, 0.5) is 0 Å². The number of carbonyl (C=O) groups is 1. The summed E-state index contributed by atoms with van der Waals surface area (Å²) in [5.74, 6) is 1.26. The molecule has 1 heterocycles. The van der Waals surface area contributed by atoms with Crippen LogP contribution in [0.15, 0.2) is 48.5 Å². The van der Waals surface area contributed by atoms with Crippen molar-refractivity contribution in [3.05, 3.63) is 54.1 Å². The molecule has 128 valence electrons. The molecule has 0 spiro atoms. The standard InChI is InChI=1S/C21H21NO3/c1-3-4-11-25-20-12-15-7-5-6-8-18(15)21(22-20)19-13-17(24-2)10-9-16(19)14-23/h5-10,12-14H,3-4,11H2,1-2H3. The number of benzene rings is 2. The zero-order valence-corrected chi connectivity index (χ0v) is 14.5. The lowest BCUT2D eigenvalue weighted by molar-refractivity contribution is 0.112. The Hall–Kier alpha value is -2.88. The van der Waals surface area contributed by atoms with Crippen molar-refractivity contribution in [2.45, 2.75) is 19.8 Å². The number of methoxy groups -OCH3 is 1. The molecule has 3 aromatic rings. The first-order valence-electron chi connectivity index (χ1n) is 8.43. The van der Waals surface area contributed by atoms with Gasteiger partial charge in [0.15, 0.2) is 6.29 Å². The molecule has 0 fully saturated rings. The Balaban J connectivity index is 2.18. The molecule has 0 bridgehead atoms. The van der Waals surface area contributed by atoms with Gasteiger partial charge in [0.1, 0.15) is 5.75 Å². The molecule has 0 aliphatic heterocycles. The molecule has 0 radical (unpaired) electrons. The van der Waals surface area contributed by atoms with Gasteiger partial charge < -0.3 is 9.47 Å². The lowest BCUT2D eigenvalue weighted by Crippen LogP contribution is -2.01. The molecule has 0 amide bonds. The summed E-state index contributed by atoms with van der Waals surface area (Å²) < 4.78 is 11.1. The van der Waals surface area contributed by atoms with Crippen molar-refractivity contribution in [2.75, 3.05) is 13.7 Å². The van der Waals surface area contributed by atoms with Crippen LogP contribution in [-0.4, -0.2) is 25.0 Å². The predicted octanol–water partition coefficient (Wildman–Crippen LogP) is 4.90. The van der Waals surface area contributed by atoms with E-state index in [1.165, 1.54) is 0 Å². The van der Waals surface area contributed by atoms with Crippen molar-refractivity contribution in [3.63, 3.8) is 0 Å². The van der Waals surface area contributed by atoms with Gasteiger partial charge in [0.25, 0.3) is 0 Å². The fraction of sp³-hybridized carbons (Fsp3) is 0.238. The van der Waals surface area contributed by atoms with Gasteiger partial charge in [0.2, 0.25) is 5.88 Å². The van der Waals surface area contributed by atoms with E-state index in [1.807, 2.05) is 36.4 Å². The van der Waals surface area contributed by atoms with Crippen LogP contribution in [0.25, 0.3) is 22.0 Å².